The van der Waals surface area contributed by atoms with E-state index in [1.807, 2.05) is 6.07 Å². The van der Waals surface area contributed by atoms with E-state index in [-0.39, 0.29) is 12.3 Å². The van der Waals surface area contributed by atoms with Crippen LogP contribution in [0.3, 0.4) is 0 Å². The van der Waals surface area contributed by atoms with E-state index in [1.54, 1.807) is 18.2 Å². The van der Waals surface area contributed by atoms with E-state index in [1.165, 1.54) is 0 Å². The van der Waals surface area contributed by atoms with Gasteiger partial charge < -0.3 is 5.11 Å². The molecule has 5 nitrogen and oxygen atoms in total. The summed E-state index contributed by atoms with van der Waals surface area (Å²) >= 11 is 3.28. The van der Waals surface area contributed by atoms with Crippen molar-refractivity contribution in [3.8, 4) is 0 Å². The molecule has 1 aromatic rings. The van der Waals surface area contributed by atoms with Crippen molar-refractivity contribution in [1.29, 1.82) is 0 Å². The molecule has 0 bridgehead atoms. The first-order chi connectivity index (χ1) is 9.48. The molecule has 0 saturated heterocycles. The third-order valence-corrected chi connectivity index (χ3v) is 3.92. The lowest BCUT2D eigenvalue weighted by Gasteiger charge is -2.21. The molecule has 2 amide bonds. The van der Waals surface area contributed by atoms with Gasteiger partial charge in [-0.15, -0.1) is 0 Å². The molecule has 0 spiro atoms. The molecule has 1 saturated carbocycles. The van der Waals surface area contributed by atoms with Crippen LogP contribution in [0, 0.1) is 0 Å². The number of nitrogens with one attached hydrogen (secondary N) is 2. The van der Waals surface area contributed by atoms with E-state index in [9.17, 15) is 14.7 Å². The van der Waals surface area contributed by atoms with Crippen molar-refractivity contribution < 1.29 is 14.7 Å². The Bertz CT molecular complexity index is 513. The van der Waals surface area contributed by atoms with Crippen LogP contribution in [-0.4, -0.2) is 22.5 Å². The van der Waals surface area contributed by atoms with E-state index in [0.717, 1.165) is 17.3 Å². The molecule has 0 unspecified atom stereocenters. The maximum absolute atomic E-state index is 11.8. The maximum atomic E-state index is 11.8. The van der Waals surface area contributed by atoms with E-state index in [0.29, 0.717) is 18.4 Å². The Kier molecular flexibility index (Phi) is 4.77. The van der Waals surface area contributed by atoms with Crippen LogP contribution in [0.4, 0.5) is 0 Å². The van der Waals surface area contributed by atoms with Gasteiger partial charge in [0, 0.05) is 10.0 Å². The molecule has 3 N–H and O–H groups in total. The van der Waals surface area contributed by atoms with Crippen molar-refractivity contribution in [2.45, 2.75) is 37.7 Å². The van der Waals surface area contributed by atoms with Crippen LogP contribution in [0.25, 0.3) is 0 Å². The normalized spacial score (nSPS) is 16.7. The zero-order valence-electron chi connectivity index (χ0n) is 11.0. The molecule has 0 atom stereocenters. The molecule has 1 aromatic carbocycles. The predicted octanol–water partition coefficient (Wildman–Crippen LogP) is 1.91. The number of hydrazine groups is 1. The summed E-state index contributed by atoms with van der Waals surface area (Å²) < 4.78 is 0.789. The first kappa shape index (κ1) is 15.0. The Morgan fingerprint density at radius 3 is 2.60 bits per heavy atom. The van der Waals surface area contributed by atoms with Gasteiger partial charge in [0.05, 0.1) is 12.0 Å². The number of rotatable bonds is 3. The molecule has 108 valence electrons. The second-order valence-corrected chi connectivity index (χ2v) is 6.04. The summed E-state index contributed by atoms with van der Waals surface area (Å²) in [5.74, 6) is -0.768. The van der Waals surface area contributed by atoms with E-state index in [2.05, 4.69) is 26.8 Å². The summed E-state index contributed by atoms with van der Waals surface area (Å²) in [5, 5.41) is 10.1. The third kappa shape index (κ3) is 4.05. The summed E-state index contributed by atoms with van der Waals surface area (Å²) in [4.78, 5) is 23.5. The number of aliphatic hydroxyl groups is 1. The monoisotopic (exact) mass is 340 g/mol. The van der Waals surface area contributed by atoms with Gasteiger partial charge in [-0.3, -0.25) is 20.4 Å². The lowest BCUT2D eigenvalue weighted by molar-refractivity contribution is -0.126. The molecule has 0 aliphatic heterocycles. The van der Waals surface area contributed by atoms with Gasteiger partial charge in [-0.2, -0.15) is 0 Å². The molecule has 1 fully saturated rings. The Morgan fingerprint density at radius 2 is 1.95 bits per heavy atom. The summed E-state index contributed by atoms with van der Waals surface area (Å²) in [5.41, 5.74) is 4.22. The highest BCUT2D eigenvalue weighted by Gasteiger charge is 2.33. The highest BCUT2D eigenvalue weighted by Crippen LogP contribution is 2.31. The highest BCUT2D eigenvalue weighted by atomic mass is 79.9. The molecule has 2 rings (SSSR count). The fourth-order valence-corrected chi connectivity index (χ4v) is 2.78. The van der Waals surface area contributed by atoms with Crippen LogP contribution in [0.2, 0.25) is 0 Å². The minimum Gasteiger partial charge on any atom is -0.389 e. The number of benzene rings is 1. The summed E-state index contributed by atoms with van der Waals surface area (Å²) in [7, 11) is 0. The number of hydrogen-bond acceptors (Lipinski definition) is 3. The fourth-order valence-electron chi connectivity index (χ4n) is 2.38. The smallest absolute Gasteiger partial charge is 0.269 e. The van der Waals surface area contributed by atoms with Gasteiger partial charge in [0.2, 0.25) is 5.91 Å². The van der Waals surface area contributed by atoms with Gasteiger partial charge in [-0.05, 0) is 31.0 Å². The minimum atomic E-state index is -0.912. The van der Waals surface area contributed by atoms with Crippen LogP contribution in [0.5, 0.6) is 0 Å². The number of carbonyl (C=O) groups excluding carboxylic acids is 2. The van der Waals surface area contributed by atoms with Crippen molar-refractivity contribution in [3.05, 3.63) is 34.3 Å². The molecule has 0 heterocycles. The zero-order chi connectivity index (χ0) is 14.6. The second-order valence-electron chi connectivity index (χ2n) is 5.12. The van der Waals surface area contributed by atoms with E-state index < -0.39 is 11.5 Å². The lowest BCUT2D eigenvalue weighted by Crippen LogP contribution is -2.44. The van der Waals surface area contributed by atoms with Gasteiger partial charge in [0.1, 0.15) is 0 Å². The van der Waals surface area contributed by atoms with Gasteiger partial charge in [-0.1, -0.05) is 34.8 Å². The van der Waals surface area contributed by atoms with E-state index >= 15 is 0 Å². The van der Waals surface area contributed by atoms with Crippen molar-refractivity contribution >= 4 is 27.7 Å². The Balaban J connectivity index is 1.82. The topological polar surface area (TPSA) is 78.4 Å². The van der Waals surface area contributed by atoms with Gasteiger partial charge in [0.25, 0.3) is 5.91 Å². The SMILES string of the molecule is O=C(CC1(O)CCCC1)NNC(=O)c1cccc(Br)c1. The van der Waals surface area contributed by atoms with Crippen LogP contribution < -0.4 is 10.9 Å². The number of hydrogen-bond donors (Lipinski definition) is 3. The maximum Gasteiger partial charge on any atom is 0.269 e. The average molecular weight is 341 g/mol. The number of carbonyl (C=O) groups is 2. The quantitative estimate of drug-likeness (QED) is 0.735. The summed E-state index contributed by atoms with van der Waals surface area (Å²) in [6.45, 7) is 0. The number of halogens is 1. The average Bonchev–Trinajstić information content (AvgIpc) is 2.82. The number of amides is 2. The zero-order valence-corrected chi connectivity index (χ0v) is 12.6. The van der Waals surface area contributed by atoms with Gasteiger partial charge >= 0.3 is 0 Å². The molecular weight excluding hydrogens is 324 g/mol. The lowest BCUT2D eigenvalue weighted by atomic mass is 9.98. The second kappa shape index (κ2) is 6.37. The van der Waals surface area contributed by atoms with Crippen LogP contribution in [-0.2, 0) is 4.79 Å². The molecule has 0 aromatic heterocycles. The Labute approximate surface area is 125 Å². The van der Waals surface area contributed by atoms with Crippen molar-refractivity contribution in [2.24, 2.45) is 0 Å². The predicted molar refractivity (Wildman–Crippen MR) is 77.8 cm³/mol. The van der Waals surface area contributed by atoms with E-state index in [4.69, 9.17) is 0 Å². The van der Waals surface area contributed by atoms with Crippen LogP contribution in [0.1, 0.15) is 42.5 Å². The summed E-state index contributed by atoms with van der Waals surface area (Å²) in [6, 6.07) is 6.86. The standard InChI is InChI=1S/C14H17BrN2O3/c15-11-5-3-4-10(8-11)13(19)17-16-12(18)9-14(20)6-1-2-7-14/h3-5,8,20H,1-2,6-7,9H2,(H,16,18)(H,17,19). The Hall–Kier alpha value is -1.40. The first-order valence-electron chi connectivity index (χ1n) is 6.56. The molecule has 0 radical (unpaired) electrons. The van der Waals surface area contributed by atoms with Crippen LogP contribution in [0.15, 0.2) is 28.7 Å². The van der Waals surface area contributed by atoms with Crippen molar-refractivity contribution in [3.63, 3.8) is 0 Å². The first-order valence-corrected chi connectivity index (χ1v) is 7.35. The fraction of sp³-hybridized carbons (Fsp3) is 0.429. The van der Waals surface area contributed by atoms with Gasteiger partial charge in [0.15, 0.2) is 0 Å². The molecule has 1 aliphatic rings. The molecule has 1 aliphatic carbocycles. The van der Waals surface area contributed by atoms with Gasteiger partial charge in [-0.25, -0.2) is 0 Å². The molecular formula is C14H17BrN2O3. The third-order valence-electron chi connectivity index (χ3n) is 3.43. The molecule has 20 heavy (non-hydrogen) atoms. The van der Waals surface area contributed by atoms with Crippen molar-refractivity contribution in [1.82, 2.24) is 10.9 Å². The Morgan fingerprint density at radius 1 is 1.25 bits per heavy atom. The highest BCUT2D eigenvalue weighted by molar-refractivity contribution is 9.10. The van der Waals surface area contributed by atoms with Crippen LogP contribution >= 0.6 is 15.9 Å². The molecule has 6 heteroatoms. The largest absolute Gasteiger partial charge is 0.389 e. The minimum absolute atomic E-state index is 0.0196. The van der Waals surface area contributed by atoms with Crippen molar-refractivity contribution in [2.75, 3.05) is 0 Å². The summed E-state index contributed by atoms with van der Waals surface area (Å²) in [6.07, 6.45) is 3.17.